The second-order valence-corrected chi connectivity index (χ2v) is 6.41. The van der Waals surface area contributed by atoms with Crippen LogP contribution in [0.15, 0.2) is 23.1 Å². The van der Waals surface area contributed by atoms with Gasteiger partial charge in [0.15, 0.2) is 18.1 Å². The van der Waals surface area contributed by atoms with E-state index in [1.54, 1.807) is 12.1 Å². The Morgan fingerprint density at radius 3 is 2.65 bits per heavy atom. The molecule has 0 unspecified atom stereocenters. The molecule has 1 aliphatic heterocycles. The summed E-state index contributed by atoms with van der Waals surface area (Å²) in [5.74, 6) is -2.52. The van der Waals surface area contributed by atoms with Crippen molar-refractivity contribution in [3.05, 3.63) is 28.7 Å². The minimum Gasteiger partial charge on any atom is -0.548 e. The van der Waals surface area contributed by atoms with E-state index in [0.717, 1.165) is 16.7 Å². The molecule has 1 aliphatic rings. The number of carboxylic acids is 2. The van der Waals surface area contributed by atoms with Gasteiger partial charge in [0.05, 0.1) is 24.5 Å². The zero-order valence-corrected chi connectivity index (χ0v) is 17.5. The van der Waals surface area contributed by atoms with Gasteiger partial charge < -0.3 is 24.5 Å². The Morgan fingerprint density at radius 2 is 2.08 bits per heavy atom. The van der Waals surface area contributed by atoms with Crippen LogP contribution in [0.3, 0.4) is 0 Å². The van der Waals surface area contributed by atoms with Gasteiger partial charge in [-0.15, -0.1) is 0 Å². The van der Waals surface area contributed by atoms with Crippen LogP contribution >= 0.6 is 24.0 Å². The van der Waals surface area contributed by atoms with Crippen LogP contribution in [0.4, 0.5) is 0 Å². The van der Waals surface area contributed by atoms with E-state index in [9.17, 15) is 19.5 Å². The molecule has 0 saturated carbocycles. The molecule has 0 bridgehead atoms. The molecule has 1 heterocycles. The third-order valence-electron chi connectivity index (χ3n) is 3.00. The molecule has 1 aromatic rings. The maximum absolute atomic E-state index is 12.2. The minimum atomic E-state index is -1.40. The summed E-state index contributed by atoms with van der Waals surface area (Å²) in [6, 6.07) is 4.67. The standard InChI is InChI=1S/C15H13NO7S2.Na/c1-22-10-4-8(2-3-9(10)23-7-13(19)20)5-11-14(21)16(6-12(17)18)15(24)25-11;/h2-5H,6-7H2,1H3,(H,17,18)(H,19,20);/q;+1/p-1. The maximum Gasteiger partial charge on any atom is 1.00 e. The van der Waals surface area contributed by atoms with Crippen molar-refractivity contribution in [3.63, 3.8) is 0 Å². The van der Waals surface area contributed by atoms with Crippen molar-refractivity contribution >= 4 is 52.2 Å². The smallest absolute Gasteiger partial charge is 0.548 e. The molecule has 1 aromatic carbocycles. The molecule has 8 nitrogen and oxygen atoms in total. The Balaban J connectivity index is 0.00000338. The zero-order valence-electron chi connectivity index (χ0n) is 13.9. The van der Waals surface area contributed by atoms with Crippen LogP contribution in [-0.4, -0.2) is 52.4 Å². The van der Waals surface area contributed by atoms with Gasteiger partial charge in [0, 0.05) is 0 Å². The molecule has 0 aliphatic carbocycles. The molecule has 1 saturated heterocycles. The number of hydrogen-bond acceptors (Lipinski definition) is 8. The van der Waals surface area contributed by atoms with Gasteiger partial charge in [0.2, 0.25) is 0 Å². The van der Waals surface area contributed by atoms with Crippen LogP contribution in [0.2, 0.25) is 0 Å². The van der Waals surface area contributed by atoms with Crippen molar-refractivity contribution in [1.29, 1.82) is 0 Å². The van der Waals surface area contributed by atoms with E-state index in [4.69, 9.17) is 26.8 Å². The molecule has 1 fully saturated rings. The van der Waals surface area contributed by atoms with E-state index < -0.39 is 31.0 Å². The number of nitrogens with zero attached hydrogens (tertiary/aromatic N) is 1. The van der Waals surface area contributed by atoms with E-state index in [1.165, 1.54) is 19.3 Å². The van der Waals surface area contributed by atoms with E-state index in [-0.39, 0.29) is 44.5 Å². The number of ether oxygens (including phenoxy) is 2. The summed E-state index contributed by atoms with van der Waals surface area (Å²) in [5, 5.41) is 19.3. The van der Waals surface area contributed by atoms with Gasteiger partial charge in [-0.3, -0.25) is 9.69 Å². The van der Waals surface area contributed by atoms with Gasteiger partial charge in [0.25, 0.3) is 5.91 Å². The van der Waals surface area contributed by atoms with E-state index in [0.29, 0.717) is 11.3 Å². The van der Waals surface area contributed by atoms with Gasteiger partial charge >= 0.3 is 35.5 Å². The second kappa shape index (κ2) is 9.93. The van der Waals surface area contributed by atoms with Crippen LogP contribution in [0.5, 0.6) is 11.5 Å². The van der Waals surface area contributed by atoms with Crippen molar-refractivity contribution in [1.82, 2.24) is 4.90 Å². The topological polar surface area (TPSA) is 116 Å². The fourth-order valence-corrected chi connectivity index (χ4v) is 3.20. The van der Waals surface area contributed by atoms with E-state index >= 15 is 0 Å². The van der Waals surface area contributed by atoms with Crippen LogP contribution in [-0.2, 0) is 14.4 Å². The number of hydrogen-bond donors (Lipinski definition) is 1. The number of thiocarbonyl (C=S) groups is 1. The molecule has 0 atom stereocenters. The number of aliphatic carboxylic acids is 2. The largest absolute Gasteiger partial charge is 1.00 e. The maximum atomic E-state index is 12.2. The number of carbonyl (C=O) groups is 3. The normalized spacial score (nSPS) is 15.0. The van der Waals surface area contributed by atoms with Crippen molar-refractivity contribution in [2.75, 3.05) is 20.3 Å². The molecule has 1 N–H and O–H groups in total. The van der Waals surface area contributed by atoms with E-state index in [2.05, 4.69) is 0 Å². The summed E-state index contributed by atoms with van der Waals surface area (Å²) in [6.07, 6.45) is 1.53. The molecule has 0 spiro atoms. The van der Waals surface area contributed by atoms with Crippen LogP contribution in [0.1, 0.15) is 5.56 Å². The predicted molar refractivity (Wildman–Crippen MR) is 91.0 cm³/mol. The SMILES string of the molecule is COc1cc(C=C2SC(=S)N(CC(=O)[O-])C2=O)ccc1OCC(=O)O.[Na+]. The number of benzene rings is 1. The van der Waals surface area contributed by atoms with Crippen molar-refractivity contribution in [2.45, 2.75) is 0 Å². The summed E-state index contributed by atoms with van der Waals surface area (Å²) >= 11 is 5.97. The first-order chi connectivity index (χ1) is 11.8. The number of thioether (sulfide) groups is 1. The average Bonchev–Trinajstić information content (AvgIpc) is 2.80. The molecular weight excluding hydrogens is 393 g/mol. The fraction of sp³-hybridized carbons (Fsp3) is 0.200. The molecule has 0 radical (unpaired) electrons. The Morgan fingerprint density at radius 1 is 1.38 bits per heavy atom. The minimum absolute atomic E-state index is 0. The third kappa shape index (κ3) is 5.71. The predicted octanol–water partition coefficient (Wildman–Crippen LogP) is -2.89. The van der Waals surface area contributed by atoms with Gasteiger partial charge in [0.1, 0.15) is 4.32 Å². The molecule has 11 heteroatoms. The molecule has 2 rings (SSSR count). The van der Waals surface area contributed by atoms with Crippen molar-refractivity contribution in [2.24, 2.45) is 0 Å². The van der Waals surface area contributed by atoms with E-state index in [1.807, 2.05) is 0 Å². The first-order valence-electron chi connectivity index (χ1n) is 6.79. The fourth-order valence-electron chi connectivity index (χ4n) is 1.95. The Kier molecular flexibility index (Phi) is 8.57. The number of carbonyl (C=O) groups excluding carboxylic acids is 2. The summed E-state index contributed by atoms with van der Waals surface area (Å²) in [5.41, 5.74) is 0.577. The number of rotatable bonds is 7. The van der Waals surface area contributed by atoms with Gasteiger partial charge in [-0.1, -0.05) is 30.0 Å². The van der Waals surface area contributed by atoms with Crippen LogP contribution in [0, 0.1) is 0 Å². The molecule has 0 aromatic heterocycles. The first kappa shape index (κ1) is 22.5. The van der Waals surface area contributed by atoms with Crippen molar-refractivity contribution < 1.29 is 63.6 Å². The van der Waals surface area contributed by atoms with Crippen LogP contribution < -0.4 is 44.1 Å². The number of methoxy groups -OCH3 is 1. The van der Waals surface area contributed by atoms with Gasteiger partial charge in [-0.25, -0.2) is 4.79 Å². The monoisotopic (exact) mass is 405 g/mol. The Hall–Kier alpha value is -1.59. The molecule has 132 valence electrons. The van der Waals surface area contributed by atoms with Gasteiger partial charge in [-0.05, 0) is 23.8 Å². The second-order valence-electron chi connectivity index (χ2n) is 4.73. The summed E-state index contributed by atoms with van der Waals surface area (Å²) in [6.45, 7) is -1.12. The number of amides is 1. The summed E-state index contributed by atoms with van der Waals surface area (Å²) < 4.78 is 10.4. The Labute approximate surface area is 180 Å². The average molecular weight is 405 g/mol. The zero-order chi connectivity index (χ0) is 18.6. The van der Waals surface area contributed by atoms with Gasteiger partial charge in [-0.2, -0.15) is 0 Å². The third-order valence-corrected chi connectivity index (χ3v) is 4.38. The molecule has 1 amide bonds. The molecular formula is C15H12NNaO7S2. The molecule has 26 heavy (non-hydrogen) atoms. The summed E-state index contributed by atoms with van der Waals surface area (Å²) in [4.78, 5) is 34.6. The van der Waals surface area contributed by atoms with Crippen LogP contribution in [0.25, 0.3) is 6.08 Å². The first-order valence-corrected chi connectivity index (χ1v) is 8.02. The summed E-state index contributed by atoms with van der Waals surface area (Å²) in [7, 11) is 1.39. The Bertz CT molecular complexity index is 781. The van der Waals surface area contributed by atoms with Crippen molar-refractivity contribution in [3.8, 4) is 11.5 Å². The number of carboxylic acid groups (broad SMARTS) is 2. The quantitative estimate of drug-likeness (QED) is 0.290.